The Bertz CT molecular complexity index is 336. The summed E-state index contributed by atoms with van der Waals surface area (Å²) in [5.41, 5.74) is 0. The van der Waals surface area contributed by atoms with Crippen LogP contribution in [0.3, 0.4) is 0 Å². The van der Waals surface area contributed by atoms with Crippen molar-refractivity contribution in [2.45, 2.75) is 69.9 Å². The summed E-state index contributed by atoms with van der Waals surface area (Å²) in [5, 5.41) is 3.34. The Morgan fingerprint density at radius 3 is 2.57 bits per heavy atom. The van der Waals surface area contributed by atoms with E-state index in [1.54, 1.807) is 0 Å². The fourth-order valence-corrected chi connectivity index (χ4v) is 4.35. The number of hydrogen-bond acceptors (Lipinski definition) is 3. The van der Waals surface area contributed by atoms with Crippen molar-refractivity contribution >= 4 is 5.91 Å². The van der Waals surface area contributed by atoms with Gasteiger partial charge in [0.25, 0.3) is 0 Å². The largest absolute Gasteiger partial charge is 0.378 e. The summed E-state index contributed by atoms with van der Waals surface area (Å²) in [4.78, 5) is 14.7. The molecule has 1 saturated carbocycles. The average Bonchev–Trinajstić information content (AvgIpc) is 3.19. The van der Waals surface area contributed by atoms with Crippen LogP contribution < -0.4 is 5.32 Å². The van der Waals surface area contributed by atoms with Crippen LogP contribution in [-0.4, -0.2) is 49.2 Å². The number of hydrogen-bond donors (Lipinski definition) is 1. The normalized spacial score (nSPS) is 28.4. The molecule has 0 aromatic heterocycles. The zero-order valence-corrected chi connectivity index (χ0v) is 13.2. The van der Waals surface area contributed by atoms with Crippen LogP contribution in [0.15, 0.2) is 0 Å². The van der Waals surface area contributed by atoms with E-state index in [0.717, 1.165) is 38.4 Å². The van der Waals surface area contributed by atoms with Gasteiger partial charge in [-0.25, -0.2) is 0 Å². The van der Waals surface area contributed by atoms with E-state index in [1.165, 1.54) is 38.5 Å². The summed E-state index contributed by atoms with van der Waals surface area (Å²) < 4.78 is 5.89. The lowest BCUT2D eigenvalue weighted by atomic mass is 9.96. The SMILES string of the molecule is O=C(CCOC1CCNCC1)N1CCCC1C1CCCC1. The smallest absolute Gasteiger partial charge is 0.225 e. The van der Waals surface area contributed by atoms with Crippen molar-refractivity contribution in [2.75, 3.05) is 26.2 Å². The lowest BCUT2D eigenvalue weighted by molar-refractivity contribution is -0.134. The van der Waals surface area contributed by atoms with E-state index >= 15 is 0 Å². The van der Waals surface area contributed by atoms with E-state index in [2.05, 4.69) is 10.2 Å². The van der Waals surface area contributed by atoms with Crippen LogP contribution in [0.1, 0.15) is 57.8 Å². The highest BCUT2D eigenvalue weighted by Crippen LogP contribution is 2.35. The minimum Gasteiger partial charge on any atom is -0.378 e. The minimum atomic E-state index is 0.332. The molecule has 1 N–H and O–H groups in total. The first-order chi connectivity index (χ1) is 10.3. The Morgan fingerprint density at radius 1 is 1.05 bits per heavy atom. The number of ether oxygens (including phenoxy) is 1. The van der Waals surface area contributed by atoms with Gasteiger partial charge in [0.2, 0.25) is 5.91 Å². The van der Waals surface area contributed by atoms with E-state index in [-0.39, 0.29) is 0 Å². The van der Waals surface area contributed by atoms with Crippen LogP contribution in [0.2, 0.25) is 0 Å². The first kappa shape index (κ1) is 15.3. The maximum Gasteiger partial charge on any atom is 0.225 e. The summed E-state index contributed by atoms with van der Waals surface area (Å²) in [6.07, 6.45) is 10.9. The Hall–Kier alpha value is -0.610. The van der Waals surface area contributed by atoms with E-state index in [9.17, 15) is 4.79 Å². The first-order valence-electron chi connectivity index (χ1n) is 8.96. The highest BCUT2D eigenvalue weighted by Gasteiger charge is 2.35. The van der Waals surface area contributed by atoms with Gasteiger partial charge >= 0.3 is 0 Å². The molecular formula is C17H30N2O2. The molecule has 1 unspecified atom stereocenters. The molecule has 4 heteroatoms. The van der Waals surface area contributed by atoms with Gasteiger partial charge in [0.15, 0.2) is 0 Å². The molecule has 120 valence electrons. The van der Waals surface area contributed by atoms with Crippen molar-refractivity contribution in [3.05, 3.63) is 0 Å². The second-order valence-electron chi connectivity index (χ2n) is 6.91. The van der Waals surface area contributed by atoms with Gasteiger partial charge in [-0.15, -0.1) is 0 Å². The molecule has 0 spiro atoms. The lowest BCUT2D eigenvalue weighted by Crippen LogP contribution is -2.40. The monoisotopic (exact) mass is 294 g/mol. The summed E-state index contributed by atoms with van der Waals surface area (Å²) in [6, 6.07) is 0.541. The van der Waals surface area contributed by atoms with Crippen molar-refractivity contribution in [3.63, 3.8) is 0 Å². The maximum atomic E-state index is 12.5. The van der Waals surface area contributed by atoms with Gasteiger partial charge in [-0.1, -0.05) is 12.8 Å². The standard InChI is InChI=1S/C17H30N2O2/c20-17(9-13-21-15-7-10-18-11-8-15)19-12-3-6-16(19)14-4-1-2-5-14/h14-16,18H,1-13H2. The molecule has 3 rings (SSSR count). The van der Waals surface area contributed by atoms with Gasteiger partial charge in [-0.05, 0) is 57.5 Å². The fraction of sp³-hybridized carbons (Fsp3) is 0.941. The Morgan fingerprint density at radius 2 is 1.81 bits per heavy atom. The molecule has 2 saturated heterocycles. The lowest BCUT2D eigenvalue weighted by Gasteiger charge is -2.30. The van der Waals surface area contributed by atoms with E-state index in [4.69, 9.17) is 4.74 Å². The molecule has 2 aliphatic heterocycles. The second kappa shape index (κ2) is 7.59. The van der Waals surface area contributed by atoms with E-state index < -0.39 is 0 Å². The summed E-state index contributed by atoms with van der Waals surface area (Å²) in [6.45, 7) is 3.69. The number of carbonyl (C=O) groups excluding carboxylic acids is 1. The van der Waals surface area contributed by atoms with Crippen molar-refractivity contribution in [2.24, 2.45) is 5.92 Å². The number of piperidine rings is 1. The molecule has 3 fully saturated rings. The van der Waals surface area contributed by atoms with Crippen LogP contribution in [0.5, 0.6) is 0 Å². The zero-order valence-electron chi connectivity index (χ0n) is 13.2. The Labute approximate surface area is 128 Å². The number of rotatable bonds is 5. The van der Waals surface area contributed by atoms with Gasteiger partial charge < -0.3 is 15.0 Å². The van der Waals surface area contributed by atoms with Gasteiger partial charge in [0.05, 0.1) is 19.1 Å². The van der Waals surface area contributed by atoms with Gasteiger partial charge in [-0.3, -0.25) is 4.79 Å². The first-order valence-corrected chi connectivity index (χ1v) is 8.96. The van der Waals surface area contributed by atoms with Crippen LogP contribution >= 0.6 is 0 Å². The quantitative estimate of drug-likeness (QED) is 0.846. The molecule has 0 aromatic carbocycles. The molecule has 21 heavy (non-hydrogen) atoms. The highest BCUT2D eigenvalue weighted by molar-refractivity contribution is 5.77. The van der Waals surface area contributed by atoms with Crippen molar-refractivity contribution in [3.8, 4) is 0 Å². The average molecular weight is 294 g/mol. The van der Waals surface area contributed by atoms with Crippen molar-refractivity contribution < 1.29 is 9.53 Å². The zero-order chi connectivity index (χ0) is 14.5. The van der Waals surface area contributed by atoms with Crippen molar-refractivity contribution in [1.82, 2.24) is 10.2 Å². The third kappa shape index (κ3) is 3.98. The molecule has 1 amide bonds. The predicted octanol–water partition coefficient (Wildman–Crippen LogP) is 2.33. The Balaban J connectivity index is 1.41. The van der Waals surface area contributed by atoms with Crippen LogP contribution in [-0.2, 0) is 9.53 Å². The number of likely N-dealkylation sites (tertiary alicyclic amines) is 1. The number of carbonyl (C=O) groups is 1. The number of nitrogens with zero attached hydrogens (tertiary/aromatic N) is 1. The Kier molecular flexibility index (Phi) is 5.53. The fourth-order valence-electron chi connectivity index (χ4n) is 4.35. The van der Waals surface area contributed by atoms with Gasteiger partial charge in [0.1, 0.15) is 0 Å². The molecule has 1 aliphatic carbocycles. The molecule has 3 aliphatic rings. The molecular weight excluding hydrogens is 264 g/mol. The minimum absolute atomic E-state index is 0.332. The highest BCUT2D eigenvalue weighted by atomic mass is 16.5. The topological polar surface area (TPSA) is 41.6 Å². The van der Waals surface area contributed by atoms with Crippen LogP contribution in [0, 0.1) is 5.92 Å². The van der Waals surface area contributed by atoms with E-state index in [0.29, 0.717) is 31.1 Å². The summed E-state index contributed by atoms with van der Waals surface area (Å²) in [5.74, 6) is 1.11. The summed E-state index contributed by atoms with van der Waals surface area (Å²) >= 11 is 0. The van der Waals surface area contributed by atoms with Crippen LogP contribution in [0.25, 0.3) is 0 Å². The van der Waals surface area contributed by atoms with Gasteiger partial charge in [-0.2, -0.15) is 0 Å². The number of nitrogens with one attached hydrogen (secondary N) is 1. The molecule has 1 atom stereocenters. The second-order valence-corrected chi connectivity index (χ2v) is 6.91. The van der Waals surface area contributed by atoms with Gasteiger partial charge in [0, 0.05) is 12.6 Å². The molecule has 0 radical (unpaired) electrons. The van der Waals surface area contributed by atoms with E-state index in [1.807, 2.05) is 0 Å². The predicted molar refractivity (Wildman–Crippen MR) is 83.2 cm³/mol. The van der Waals surface area contributed by atoms with Crippen molar-refractivity contribution in [1.29, 1.82) is 0 Å². The molecule has 0 aromatic rings. The number of amides is 1. The van der Waals surface area contributed by atoms with Crippen LogP contribution in [0.4, 0.5) is 0 Å². The third-order valence-corrected chi connectivity index (χ3v) is 5.52. The molecule has 4 nitrogen and oxygen atoms in total. The molecule has 2 heterocycles. The maximum absolute atomic E-state index is 12.5. The third-order valence-electron chi connectivity index (χ3n) is 5.52. The summed E-state index contributed by atoms with van der Waals surface area (Å²) in [7, 11) is 0. The molecule has 0 bridgehead atoms.